The molecule has 0 atom stereocenters. The van der Waals surface area contributed by atoms with Crippen LogP contribution in [0.15, 0.2) is 47.5 Å². The monoisotopic (exact) mass is 546 g/mol. The van der Waals surface area contributed by atoms with Gasteiger partial charge >= 0.3 is 0 Å². The maximum atomic E-state index is 11.8. The van der Waals surface area contributed by atoms with Crippen molar-refractivity contribution in [1.82, 2.24) is 15.4 Å². The van der Waals surface area contributed by atoms with Crippen LogP contribution in [0.4, 0.5) is 0 Å². The van der Waals surface area contributed by atoms with Gasteiger partial charge in [-0.25, -0.2) is 18.1 Å². The first kappa shape index (κ1) is 26.2. The van der Waals surface area contributed by atoms with Crippen LogP contribution >= 0.6 is 24.0 Å². The van der Waals surface area contributed by atoms with Gasteiger partial charge in [0.2, 0.25) is 10.0 Å². The van der Waals surface area contributed by atoms with Crippen LogP contribution in [0.25, 0.3) is 0 Å². The minimum atomic E-state index is -3.30. The second kappa shape index (κ2) is 12.8. The van der Waals surface area contributed by atoms with E-state index >= 15 is 0 Å². The van der Waals surface area contributed by atoms with E-state index in [1.54, 1.807) is 13.2 Å². The number of benzene rings is 2. The minimum absolute atomic E-state index is 0. The van der Waals surface area contributed by atoms with Crippen molar-refractivity contribution in [3.63, 3.8) is 0 Å². The molecule has 0 fully saturated rings. The lowest BCUT2D eigenvalue weighted by atomic mass is 10.1. The molecule has 2 aromatic carbocycles. The first-order chi connectivity index (χ1) is 13.9. The van der Waals surface area contributed by atoms with Crippen LogP contribution in [0, 0.1) is 6.92 Å². The molecule has 2 rings (SSSR count). The summed E-state index contributed by atoms with van der Waals surface area (Å²) in [6.07, 6.45) is 0. The number of nitrogens with zero attached hydrogens (tertiary/aromatic N) is 1. The summed E-state index contributed by atoms with van der Waals surface area (Å²) in [7, 11) is -0.218. The van der Waals surface area contributed by atoms with Crippen LogP contribution in [0.1, 0.15) is 29.2 Å². The number of nitrogens with one attached hydrogen (secondary N) is 3. The second-order valence-corrected chi connectivity index (χ2v) is 8.57. The molecular weight excluding hydrogens is 515 g/mol. The van der Waals surface area contributed by atoms with E-state index in [1.807, 2.05) is 50.2 Å². The number of methoxy groups -OCH3 is 1. The van der Waals surface area contributed by atoms with Crippen LogP contribution in [-0.4, -0.2) is 35.1 Å². The summed E-state index contributed by atoms with van der Waals surface area (Å²) in [5.74, 6) is 1.47. The zero-order valence-electron chi connectivity index (χ0n) is 17.9. The molecule has 0 saturated heterocycles. The second-order valence-electron chi connectivity index (χ2n) is 6.65. The first-order valence-corrected chi connectivity index (χ1v) is 11.2. The van der Waals surface area contributed by atoms with Gasteiger partial charge in [-0.15, -0.1) is 24.0 Å². The van der Waals surface area contributed by atoms with Crippen LogP contribution in [0.5, 0.6) is 5.75 Å². The molecule has 30 heavy (non-hydrogen) atoms. The van der Waals surface area contributed by atoms with Crippen LogP contribution in [0.2, 0.25) is 0 Å². The maximum Gasteiger partial charge on any atom is 0.215 e. The third-order valence-corrected chi connectivity index (χ3v) is 5.65. The molecular formula is C21H31IN4O3S. The van der Waals surface area contributed by atoms with Gasteiger partial charge in [-0.05, 0) is 43.7 Å². The zero-order valence-corrected chi connectivity index (χ0v) is 21.0. The normalized spacial score (nSPS) is 11.5. The van der Waals surface area contributed by atoms with E-state index in [9.17, 15) is 8.42 Å². The fraction of sp³-hybridized carbons (Fsp3) is 0.381. The molecule has 9 heteroatoms. The van der Waals surface area contributed by atoms with E-state index in [4.69, 9.17) is 4.74 Å². The molecule has 0 amide bonds. The van der Waals surface area contributed by atoms with E-state index in [0.717, 1.165) is 34.5 Å². The molecule has 3 N–H and O–H groups in total. The highest BCUT2D eigenvalue weighted by atomic mass is 127. The Morgan fingerprint density at radius 2 is 1.83 bits per heavy atom. The Hall–Kier alpha value is -1.85. The Morgan fingerprint density at radius 3 is 2.50 bits per heavy atom. The smallest absolute Gasteiger partial charge is 0.215 e. The van der Waals surface area contributed by atoms with E-state index in [0.29, 0.717) is 19.0 Å². The van der Waals surface area contributed by atoms with Crippen molar-refractivity contribution < 1.29 is 13.2 Å². The summed E-state index contributed by atoms with van der Waals surface area (Å²) in [5.41, 5.74) is 3.86. The molecule has 0 saturated carbocycles. The highest BCUT2D eigenvalue weighted by Gasteiger charge is 2.09. The van der Waals surface area contributed by atoms with Gasteiger partial charge in [-0.1, -0.05) is 36.4 Å². The van der Waals surface area contributed by atoms with E-state index in [1.165, 1.54) is 7.05 Å². The van der Waals surface area contributed by atoms with Crippen LogP contribution < -0.4 is 20.1 Å². The molecule has 0 aliphatic rings. The summed E-state index contributed by atoms with van der Waals surface area (Å²) in [4.78, 5) is 4.62. The molecule has 0 heterocycles. The predicted molar refractivity (Wildman–Crippen MR) is 133 cm³/mol. The lowest BCUT2D eigenvalue weighted by Crippen LogP contribution is -2.36. The Labute approximate surface area is 196 Å². The van der Waals surface area contributed by atoms with Crippen molar-refractivity contribution in [2.75, 3.05) is 20.7 Å². The minimum Gasteiger partial charge on any atom is -0.496 e. The van der Waals surface area contributed by atoms with Gasteiger partial charge in [-0.3, -0.25) is 0 Å². The van der Waals surface area contributed by atoms with Gasteiger partial charge in [-0.2, -0.15) is 0 Å². The van der Waals surface area contributed by atoms with Gasteiger partial charge in [0.05, 0.1) is 19.4 Å². The average Bonchev–Trinajstić information content (AvgIpc) is 2.70. The topological polar surface area (TPSA) is 91.8 Å². The highest BCUT2D eigenvalue weighted by molar-refractivity contribution is 14.0. The highest BCUT2D eigenvalue weighted by Crippen LogP contribution is 2.19. The van der Waals surface area contributed by atoms with E-state index in [-0.39, 0.29) is 29.7 Å². The molecule has 166 valence electrons. The number of aryl methyl sites for hydroxylation is 1. The third kappa shape index (κ3) is 8.49. The summed E-state index contributed by atoms with van der Waals surface area (Å²) in [5, 5.41) is 6.54. The Kier molecular flexibility index (Phi) is 11.1. The number of hydrogen-bond donors (Lipinski definition) is 3. The SMILES string of the molecule is CCNC(=NCc1cccc(CS(=O)(=O)NC)c1)NCc1ccc(C)cc1OC.I. The Balaban J connectivity index is 0.00000450. The summed E-state index contributed by atoms with van der Waals surface area (Å²) in [6.45, 7) is 5.79. The molecule has 0 spiro atoms. The fourth-order valence-electron chi connectivity index (χ4n) is 2.80. The molecule has 7 nitrogen and oxygen atoms in total. The van der Waals surface area contributed by atoms with Gasteiger partial charge in [0.1, 0.15) is 5.75 Å². The largest absolute Gasteiger partial charge is 0.496 e. The number of halogens is 1. The molecule has 0 aromatic heterocycles. The van der Waals surface area contributed by atoms with Crippen molar-refractivity contribution in [2.24, 2.45) is 4.99 Å². The maximum absolute atomic E-state index is 11.8. The Morgan fingerprint density at radius 1 is 1.10 bits per heavy atom. The third-order valence-electron chi connectivity index (χ3n) is 4.31. The van der Waals surface area contributed by atoms with Crippen LogP contribution in [0.3, 0.4) is 0 Å². The number of sulfonamides is 1. The lowest BCUT2D eigenvalue weighted by molar-refractivity contribution is 0.408. The van der Waals surface area contributed by atoms with Gasteiger partial charge in [0, 0.05) is 18.7 Å². The van der Waals surface area contributed by atoms with Gasteiger partial charge in [0.15, 0.2) is 5.96 Å². The Bertz CT molecular complexity index is 949. The van der Waals surface area contributed by atoms with Gasteiger partial charge < -0.3 is 15.4 Å². The van der Waals surface area contributed by atoms with Crippen molar-refractivity contribution >= 4 is 40.0 Å². The first-order valence-electron chi connectivity index (χ1n) is 9.51. The summed E-state index contributed by atoms with van der Waals surface area (Å²) < 4.78 is 31.3. The van der Waals surface area contributed by atoms with Crippen molar-refractivity contribution in [1.29, 1.82) is 0 Å². The summed E-state index contributed by atoms with van der Waals surface area (Å²) in [6, 6.07) is 13.5. The van der Waals surface area contributed by atoms with Crippen molar-refractivity contribution in [3.8, 4) is 5.75 Å². The quantitative estimate of drug-likeness (QED) is 0.256. The number of hydrogen-bond acceptors (Lipinski definition) is 4. The standard InChI is InChI=1S/C21H30N4O3S.HI/c1-5-23-21(25-14-19-10-9-16(2)11-20(19)28-4)24-13-17-7-6-8-18(12-17)15-29(26,27)22-3;/h6-12,22H,5,13-15H2,1-4H3,(H2,23,24,25);1H. The van der Waals surface area contributed by atoms with E-state index in [2.05, 4.69) is 20.3 Å². The number of aliphatic imine (C=N–C) groups is 1. The number of rotatable bonds is 9. The van der Waals surface area contributed by atoms with Crippen molar-refractivity contribution in [2.45, 2.75) is 32.7 Å². The summed E-state index contributed by atoms with van der Waals surface area (Å²) >= 11 is 0. The average molecular weight is 546 g/mol. The predicted octanol–water partition coefficient (Wildman–Crippen LogP) is 2.93. The molecule has 0 aliphatic heterocycles. The van der Waals surface area contributed by atoms with Crippen molar-refractivity contribution in [3.05, 3.63) is 64.7 Å². The zero-order chi connectivity index (χ0) is 21.3. The lowest BCUT2D eigenvalue weighted by Gasteiger charge is -2.14. The molecule has 0 unspecified atom stereocenters. The van der Waals surface area contributed by atoms with E-state index < -0.39 is 10.0 Å². The van der Waals surface area contributed by atoms with Gasteiger partial charge in [0.25, 0.3) is 0 Å². The van der Waals surface area contributed by atoms with Crippen LogP contribution in [-0.2, 0) is 28.9 Å². The fourth-order valence-corrected chi connectivity index (χ4v) is 3.56. The molecule has 0 radical (unpaired) electrons. The molecule has 0 aliphatic carbocycles. The molecule has 2 aromatic rings. The molecule has 0 bridgehead atoms. The number of ether oxygens (including phenoxy) is 1. The number of guanidine groups is 1.